The molecule has 0 amide bonds. The summed E-state index contributed by atoms with van der Waals surface area (Å²) < 4.78 is 5.14. The Morgan fingerprint density at radius 2 is 2.00 bits per heavy atom. The first kappa shape index (κ1) is 10.6. The number of aromatic nitrogens is 4. The van der Waals surface area contributed by atoms with Crippen molar-refractivity contribution in [3.8, 4) is 28.4 Å². The van der Waals surface area contributed by atoms with Crippen LogP contribution in [0, 0.1) is 0 Å². The van der Waals surface area contributed by atoms with Gasteiger partial charge in [-0.1, -0.05) is 0 Å². The van der Waals surface area contributed by atoms with Crippen molar-refractivity contribution in [3.63, 3.8) is 0 Å². The second-order valence-electron chi connectivity index (χ2n) is 3.82. The highest BCUT2D eigenvalue weighted by atomic mass is 16.5. The van der Waals surface area contributed by atoms with Gasteiger partial charge in [-0.25, -0.2) is 4.98 Å². The van der Waals surface area contributed by atoms with E-state index < -0.39 is 0 Å². The fourth-order valence-corrected chi connectivity index (χ4v) is 1.86. The van der Waals surface area contributed by atoms with Crippen LogP contribution in [0.3, 0.4) is 0 Å². The highest BCUT2D eigenvalue weighted by Gasteiger charge is 2.11. The molecule has 0 saturated carbocycles. The third-order valence-electron chi connectivity index (χ3n) is 2.77. The molecule has 5 heteroatoms. The van der Waals surface area contributed by atoms with E-state index in [2.05, 4.69) is 20.2 Å². The van der Waals surface area contributed by atoms with E-state index in [0.29, 0.717) is 0 Å². The van der Waals surface area contributed by atoms with Crippen LogP contribution in [0.25, 0.3) is 22.6 Å². The lowest BCUT2D eigenvalue weighted by molar-refractivity contribution is 0.415. The quantitative estimate of drug-likeness (QED) is 0.739. The third kappa shape index (κ3) is 1.75. The highest BCUT2D eigenvalue weighted by Crippen LogP contribution is 2.28. The molecule has 0 aliphatic rings. The Morgan fingerprint density at radius 1 is 1.17 bits per heavy atom. The Kier molecular flexibility index (Phi) is 2.57. The van der Waals surface area contributed by atoms with E-state index in [9.17, 15) is 0 Å². The van der Waals surface area contributed by atoms with Gasteiger partial charge in [0.2, 0.25) is 0 Å². The number of hydrogen-bond acceptors (Lipinski definition) is 3. The van der Waals surface area contributed by atoms with Crippen LogP contribution < -0.4 is 4.74 Å². The molecule has 3 aromatic rings. The van der Waals surface area contributed by atoms with E-state index in [4.69, 9.17) is 4.74 Å². The van der Waals surface area contributed by atoms with Gasteiger partial charge in [0.1, 0.15) is 11.6 Å². The molecule has 0 bridgehead atoms. The van der Waals surface area contributed by atoms with Gasteiger partial charge in [-0.3, -0.25) is 5.10 Å². The molecule has 2 aromatic heterocycles. The maximum absolute atomic E-state index is 5.14. The fraction of sp³-hybridized carbons (Fsp3) is 0.0769. The number of aromatic amines is 2. The van der Waals surface area contributed by atoms with Gasteiger partial charge in [0.15, 0.2) is 0 Å². The molecule has 2 heterocycles. The molecule has 0 radical (unpaired) electrons. The van der Waals surface area contributed by atoms with Gasteiger partial charge in [-0.2, -0.15) is 5.10 Å². The molecule has 18 heavy (non-hydrogen) atoms. The number of H-pyrrole nitrogens is 2. The lowest BCUT2D eigenvalue weighted by Crippen LogP contribution is -1.86. The van der Waals surface area contributed by atoms with Gasteiger partial charge in [-0.15, -0.1) is 0 Å². The standard InChI is InChI=1S/C13H12N4O/c1-18-10-4-2-9(3-5-10)12-11(8-16-17-12)13-14-6-7-15-13/h2-8H,1H3,(H,14,15)(H,16,17). The van der Waals surface area contributed by atoms with Crippen molar-refractivity contribution in [1.29, 1.82) is 0 Å². The SMILES string of the molecule is COc1ccc(-c2[nH]ncc2-c2ncc[nH]2)cc1. The number of benzene rings is 1. The maximum Gasteiger partial charge on any atom is 0.141 e. The Bertz CT molecular complexity index is 625. The highest BCUT2D eigenvalue weighted by molar-refractivity contribution is 5.77. The Morgan fingerprint density at radius 3 is 2.67 bits per heavy atom. The molecule has 0 fully saturated rings. The smallest absolute Gasteiger partial charge is 0.141 e. The summed E-state index contributed by atoms with van der Waals surface area (Å²) in [5.74, 6) is 1.63. The fourth-order valence-electron chi connectivity index (χ4n) is 1.86. The van der Waals surface area contributed by atoms with Crippen LogP contribution in [-0.4, -0.2) is 27.3 Å². The predicted molar refractivity (Wildman–Crippen MR) is 68.2 cm³/mol. The van der Waals surface area contributed by atoms with Gasteiger partial charge >= 0.3 is 0 Å². The minimum Gasteiger partial charge on any atom is -0.497 e. The van der Waals surface area contributed by atoms with Crippen molar-refractivity contribution in [1.82, 2.24) is 20.2 Å². The van der Waals surface area contributed by atoms with Crippen molar-refractivity contribution in [2.45, 2.75) is 0 Å². The predicted octanol–water partition coefficient (Wildman–Crippen LogP) is 2.48. The third-order valence-corrected chi connectivity index (χ3v) is 2.77. The van der Waals surface area contributed by atoms with Crippen molar-refractivity contribution >= 4 is 0 Å². The van der Waals surface area contributed by atoms with Crippen molar-refractivity contribution in [3.05, 3.63) is 42.9 Å². The van der Waals surface area contributed by atoms with Crippen LogP contribution in [0.4, 0.5) is 0 Å². The Labute approximate surface area is 104 Å². The summed E-state index contributed by atoms with van der Waals surface area (Å²) >= 11 is 0. The average molecular weight is 240 g/mol. The van der Waals surface area contributed by atoms with Crippen molar-refractivity contribution in [2.75, 3.05) is 7.11 Å². The molecular formula is C13H12N4O. The van der Waals surface area contributed by atoms with Gasteiger partial charge < -0.3 is 9.72 Å². The van der Waals surface area contributed by atoms with Crippen molar-refractivity contribution < 1.29 is 4.74 Å². The monoisotopic (exact) mass is 240 g/mol. The minimum absolute atomic E-state index is 0.801. The van der Waals surface area contributed by atoms with Crippen molar-refractivity contribution in [2.24, 2.45) is 0 Å². The minimum atomic E-state index is 0.801. The topological polar surface area (TPSA) is 66.6 Å². The first-order valence-corrected chi connectivity index (χ1v) is 5.56. The zero-order valence-corrected chi connectivity index (χ0v) is 9.84. The number of rotatable bonds is 3. The molecule has 0 aliphatic carbocycles. The lowest BCUT2D eigenvalue weighted by atomic mass is 10.1. The normalized spacial score (nSPS) is 10.5. The first-order chi connectivity index (χ1) is 8.88. The molecular weight excluding hydrogens is 228 g/mol. The molecule has 90 valence electrons. The summed E-state index contributed by atoms with van der Waals surface area (Å²) in [6.45, 7) is 0. The largest absolute Gasteiger partial charge is 0.497 e. The van der Waals surface area contributed by atoms with Gasteiger partial charge in [-0.05, 0) is 24.3 Å². The van der Waals surface area contributed by atoms with E-state index in [0.717, 1.165) is 28.4 Å². The molecule has 0 unspecified atom stereocenters. The molecule has 0 spiro atoms. The molecule has 0 saturated heterocycles. The van der Waals surface area contributed by atoms with Crippen LogP contribution in [-0.2, 0) is 0 Å². The van der Waals surface area contributed by atoms with Crippen LogP contribution in [0.1, 0.15) is 0 Å². The summed E-state index contributed by atoms with van der Waals surface area (Å²) in [6.07, 6.45) is 5.28. The van der Waals surface area contributed by atoms with Crippen LogP contribution in [0.15, 0.2) is 42.9 Å². The van der Waals surface area contributed by atoms with E-state index in [1.807, 2.05) is 24.3 Å². The summed E-state index contributed by atoms with van der Waals surface area (Å²) in [6, 6.07) is 7.81. The number of hydrogen-bond donors (Lipinski definition) is 2. The molecule has 3 rings (SSSR count). The summed E-state index contributed by atoms with van der Waals surface area (Å²) in [5, 5.41) is 7.08. The van der Waals surface area contributed by atoms with E-state index >= 15 is 0 Å². The maximum atomic E-state index is 5.14. The number of nitrogens with one attached hydrogen (secondary N) is 2. The van der Waals surface area contributed by atoms with Crippen LogP contribution in [0.5, 0.6) is 5.75 Å². The summed E-state index contributed by atoms with van der Waals surface area (Å²) in [4.78, 5) is 7.31. The van der Waals surface area contributed by atoms with E-state index in [1.54, 1.807) is 25.7 Å². The van der Waals surface area contributed by atoms with Gasteiger partial charge in [0.25, 0.3) is 0 Å². The first-order valence-electron chi connectivity index (χ1n) is 5.56. The molecule has 5 nitrogen and oxygen atoms in total. The molecule has 1 aromatic carbocycles. The lowest BCUT2D eigenvalue weighted by Gasteiger charge is -2.03. The molecule has 0 aliphatic heterocycles. The second-order valence-corrected chi connectivity index (χ2v) is 3.82. The molecule has 0 atom stereocenters. The van der Waals surface area contributed by atoms with Gasteiger partial charge in [0.05, 0.1) is 24.6 Å². The molecule has 2 N–H and O–H groups in total. The average Bonchev–Trinajstić information content (AvgIpc) is 3.09. The second kappa shape index (κ2) is 4.37. The Balaban J connectivity index is 2.04. The van der Waals surface area contributed by atoms with E-state index in [-0.39, 0.29) is 0 Å². The number of nitrogens with zero attached hydrogens (tertiary/aromatic N) is 2. The summed E-state index contributed by atoms with van der Waals surface area (Å²) in [5.41, 5.74) is 2.93. The summed E-state index contributed by atoms with van der Waals surface area (Å²) in [7, 11) is 1.65. The van der Waals surface area contributed by atoms with Crippen LogP contribution in [0.2, 0.25) is 0 Å². The van der Waals surface area contributed by atoms with E-state index in [1.165, 1.54) is 0 Å². The number of imidazole rings is 1. The van der Waals surface area contributed by atoms with Gasteiger partial charge in [0, 0.05) is 18.0 Å². The zero-order chi connectivity index (χ0) is 12.4. The van der Waals surface area contributed by atoms with Crippen LogP contribution >= 0.6 is 0 Å². The zero-order valence-electron chi connectivity index (χ0n) is 9.84. The number of methoxy groups -OCH3 is 1. The number of ether oxygens (including phenoxy) is 1. The Hall–Kier alpha value is -2.56.